The van der Waals surface area contributed by atoms with Gasteiger partial charge in [-0.25, -0.2) is 0 Å². The third-order valence-corrected chi connectivity index (χ3v) is 6.51. The highest BCUT2D eigenvalue weighted by atomic mass is 35.5. The number of rotatable bonds is 3. The summed E-state index contributed by atoms with van der Waals surface area (Å²) in [5, 5.41) is 3.68. The minimum absolute atomic E-state index is 0.0510. The second kappa shape index (κ2) is 7.05. The molecule has 1 aliphatic carbocycles. The maximum atomic E-state index is 12.6. The summed E-state index contributed by atoms with van der Waals surface area (Å²) in [6.07, 6.45) is 4.74. The van der Waals surface area contributed by atoms with E-state index < -0.39 is 0 Å². The summed E-state index contributed by atoms with van der Waals surface area (Å²) < 4.78 is 0. The van der Waals surface area contributed by atoms with Crippen LogP contribution in [0.25, 0.3) is 0 Å². The van der Waals surface area contributed by atoms with Crippen molar-refractivity contribution in [3.05, 3.63) is 64.7 Å². The Morgan fingerprint density at radius 1 is 1.08 bits per heavy atom. The van der Waals surface area contributed by atoms with Gasteiger partial charge >= 0.3 is 0 Å². The molecule has 1 aliphatic heterocycles. The van der Waals surface area contributed by atoms with Gasteiger partial charge in [-0.3, -0.25) is 9.69 Å². The molecule has 2 aliphatic rings. The predicted octanol–water partition coefficient (Wildman–Crippen LogP) is 4.65. The van der Waals surface area contributed by atoms with E-state index >= 15 is 0 Å². The van der Waals surface area contributed by atoms with Gasteiger partial charge in [-0.1, -0.05) is 35.9 Å². The predicted molar refractivity (Wildman–Crippen MR) is 107 cm³/mol. The highest BCUT2D eigenvalue weighted by Crippen LogP contribution is 2.46. The molecule has 26 heavy (non-hydrogen) atoms. The maximum absolute atomic E-state index is 12.6. The van der Waals surface area contributed by atoms with Crippen molar-refractivity contribution in [2.75, 3.05) is 18.4 Å². The Bertz CT molecular complexity index is 794. The number of hydrogen-bond donors (Lipinski definition) is 1. The van der Waals surface area contributed by atoms with Crippen molar-refractivity contribution in [2.45, 2.75) is 44.1 Å². The summed E-state index contributed by atoms with van der Waals surface area (Å²) in [4.78, 5) is 14.9. The first-order chi connectivity index (χ1) is 12.6. The van der Waals surface area contributed by atoms with Crippen LogP contribution in [-0.2, 0) is 16.6 Å². The van der Waals surface area contributed by atoms with Crippen LogP contribution >= 0.6 is 11.6 Å². The summed E-state index contributed by atoms with van der Waals surface area (Å²) in [6.45, 7) is 3.96. The number of anilines is 1. The molecule has 4 heteroatoms. The second-order valence-corrected chi connectivity index (χ2v) is 8.08. The van der Waals surface area contributed by atoms with E-state index in [9.17, 15) is 4.79 Å². The second-order valence-electron chi connectivity index (χ2n) is 7.65. The fourth-order valence-electron chi connectivity index (χ4n) is 4.57. The van der Waals surface area contributed by atoms with Crippen molar-refractivity contribution in [1.29, 1.82) is 0 Å². The molecule has 1 fully saturated rings. The minimum Gasteiger partial charge on any atom is -0.325 e. The molecule has 136 valence electrons. The van der Waals surface area contributed by atoms with Crippen molar-refractivity contribution in [1.82, 2.24) is 4.90 Å². The fraction of sp³-hybridized carbons (Fsp3) is 0.409. The molecule has 1 amide bonds. The summed E-state index contributed by atoms with van der Waals surface area (Å²) in [5.41, 5.74) is 4.20. The summed E-state index contributed by atoms with van der Waals surface area (Å²) in [6, 6.07) is 16.1. The molecular weight excluding hydrogens is 344 g/mol. The lowest BCUT2D eigenvalue weighted by molar-refractivity contribution is -0.121. The van der Waals surface area contributed by atoms with E-state index in [-0.39, 0.29) is 11.9 Å². The van der Waals surface area contributed by atoms with Crippen LogP contribution in [0.1, 0.15) is 37.3 Å². The number of likely N-dealkylation sites (tertiary alicyclic amines) is 1. The van der Waals surface area contributed by atoms with Crippen LogP contribution in [0.4, 0.5) is 5.69 Å². The van der Waals surface area contributed by atoms with Crippen LogP contribution < -0.4 is 5.32 Å². The van der Waals surface area contributed by atoms with Crippen LogP contribution in [0, 0.1) is 0 Å². The van der Waals surface area contributed by atoms with Crippen LogP contribution in [0.2, 0.25) is 5.02 Å². The van der Waals surface area contributed by atoms with Crippen molar-refractivity contribution in [3.8, 4) is 0 Å². The van der Waals surface area contributed by atoms with Crippen LogP contribution in [-0.4, -0.2) is 29.9 Å². The molecule has 1 saturated heterocycles. The summed E-state index contributed by atoms with van der Waals surface area (Å²) in [5.74, 6) is 0.0510. The molecule has 1 atom stereocenters. The molecule has 2 aromatic carbocycles. The quantitative estimate of drug-likeness (QED) is 0.855. The zero-order valence-corrected chi connectivity index (χ0v) is 15.9. The van der Waals surface area contributed by atoms with Crippen molar-refractivity contribution in [2.24, 2.45) is 0 Å². The van der Waals surface area contributed by atoms with Gasteiger partial charge in [-0.15, -0.1) is 0 Å². The van der Waals surface area contributed by atoms with E-state index in [1.54, 1.807) is 17.7 Å². The Hall–Kier alpha value is -1.84. The number of fused-ring (bicyclic) bond motifs is 2. The van der Waals surface area contributed by atoms with Gasteiger partial charge < -0.3 is 5.32 Å². The number of carbonyl (C=O) groups excluding carboxylic acids is 1. The topological polar surface area (TPSA) is 32.3 Å². The lowest BCUT2D eigenvalue weighted by Crippen LogP contribution is -2.49. The van der Waals surface area contributed by atoms with E-state index in [0.29, 0.717) is 10.4 Å². The van der Waals surface area contributed by atoms with Gasteiger partial charge in [0.25, 0.3) is 0 Å². The zero-order valence-electron chi connectivity index (χ0n) is 15.2. The van der Waals surface area contributed by atoms with Gasteiger partial charge in [-0.05, 0) is 86.5 Å². The number of amides is 1. The number of piperidine rings is 1. The average Bonchev–Trinajstić information content (AvgIpc) is 3.02. The maximum Gasteiger partial charge on any atom is 0.241 e. The Labute approximate surface area is 160 Å². The van der Waals surface area contributed by atoms with Crippen molar-refractivity contribution in [3.63, 3.8) is 0 Å². The monoisotopic (exact) mass is 368 g/mol. The van der Waals surface area contributed by atoms with Crippen LogP contribution in [0.3, 0.4) is 0 Å². The molecule has 0 aromatic heterocycles. The number of aryl methyl sites for hydroxylation is 1. The Balaban J connectivity index is 1.38. The standard InChI is InChI=1S/C22H25ClN2O/c1-16(21(26)24-19-8-6-18(23)7-9-19)25-14-12-22(13-15-25)11-10-17-4-2-3-5-20(17)22/h2-9,16H,10-15H2,1H3,(H,24,26). The molecule has 0 saturated carbocycles. The summed E-state index contributed by atoms with van der Waals surface area (Å²) >= 11 is 5.91. The lowest BCUT2D eigenvalue weighted by Gasteiger charge is -2.42. The number of nitrogens with one attached hydrogen (secondary N) is 1. The molecule has 1 unspecified atom stereocenters. The normalized spacial score (nSPS) is 19.9. The smallest absolute Gasteiger partial charge is 0.241 e. The number of nitrogens with zero attached hydrogens (tertiary/aromatic N) is 1. The van der Waals surface area contributed by atoms with E-state index in [2.05, 4.69) is 34.5 Å². The Morgan fingerprint density at radius 2 is 1.77 bits per heavy atom. The zero-order chi connectivity index (χ0) is 18.1. The van der Waals surface area contributed by atoms with Crippen molar-refractivity contribution < 1.29 is 4.79 Å². The molecule has 2 aromatic rings. The van der Waals surface area contributed by atoms with Gasteiger partial charge in [0.15, 0.2) is 0 Å². The lowest BCUT2D eigenvalue weighted by atomic mass is 9.73. The molecule has 3 nitrogen and oxygen atoms in total. The third kappa shape index (κ3) is 3.26. The van der Waals surface area contributed by atoms with Gasteiger partial charge in [0.05, 0.1) is 6.04 Å². The summed E-state index contributed by atoms with van der Waals surface area (Å²) in [7, 11) is 0. The number of hydrogen-bond acceptors (Lipinski definition) is 2. The number of halogens is 1. The first-order valence-corrected chi connectivity index (χ1v) is 9.84. The largest absolute Gasteiger partial charge is 0.325 e. The first-order valence-electron chi connectivity index (χ1n) is 9.46. The molecule has 0 bridgehead atoms. The van der Waals surface area contributed by atoms with Gasteiger partial charge in [0.2, 0.25) is 5.91 Å². The van der Waals surface area contributed by atoms with E-state index in [1.165, 1.54) is 18.4 Å². The molecule has 1 heterocycles. The molecular formula is C22H25ClN2O. The SMILES string of the molecule is CC(C(=O)Nc1ccc(Cl)cc1)N1CCC2(CCc3ccccc32)CC1. The highest BCUT2D eigenvalue weighted by Gasteiger charge is 2.42. The minimum atomic E-state index is -0.125. The van der Waals surface area contributed by atoms with Gasteiger partial charge in [0, 0.05) is 10.7 Å². The fourth-order valence-corrected chi connectivity index (χ4v) is 4.69. The highest BCUT2D eigenvalue weighted by molar-refractivity contribution is 6.30. The number of benzene rings is 2. The van der Waals surface area contributed by atoms with Crippen molar-refractivity contribution >= 4 is 23.2 Å². The van der Waals surface area contributed by atoms with Gasteiger partial charge in [-0.2, -0.15) is 0 Å². The third-order valence-electron chi connectivity index (χ3n) is 6.26. The molecule has 1 spiro atoms. The van der Waals surface area contributed by atoms with E-state index in [1.807, 2.05) is 19.1 Å². The Morgan fingerprint density at radius 3 is 2.50 bits per heavy atom. The average molecular weight is 369 g/mol. The van der Waals surface area contributed by atoms with E-state index in [0.717, 1.165) is 31.6 Å². The molecule has 4 rings (SSSR count). The molecule has 0 radical (unpaired) electrons. The Kier molecular flexibility index (Phi) is 4.76. The first kappa shape index (κ1) is 17.6. The number of carbonyl (C=O) groups is 1. The van der Waals surface area contributed by atoms with Crippen LogP contribution in [0.5, 0.6) is 0 Å². The van der Waals surface area contributed by atoms with Crippen LogP contribution in [0.15, 0.2) is 48.5 Å². The van der Waals surface area contributed by atoms with Gasteiger partial charge in [0.1, 0.15) is 0 Å². The van der Waals surface area contributed by atoms with E-state index in [4.69, 9.17) is 11.6 Å². The molecule has 1 N–H and O–H groups in total.